The van der Waals surface area contributed by atoms with Gasteiger partial charge in [-0.25, -0.2) is 4.79 Å². The van der Waals surface area contributed by atoms with Crippen LogP contribution in [0.4, 0.5) is 4.79 Å². The second-order valence-corrected chi connectivity index (χ2v) is 6.14. The Morgan fingerprint density at radius 3 is 2.46 bits per heavy atom. The zero-order valence-corrected chi connectivity index (χ0v) is 14.1. The molecule has 0 spiro atoms. The smallest absolute Gasteiger partial charge is 0.408 e. The summed E-state index contributed by atoms with van der Waals surface area (Å²) in [5.41, 5.74) is 2.61. The lowest BCUT2D eigenvalue weighted by molar-refractivity contribution is -0.125. The van der Waals surface area contributed by atoms with Crippen molar-refractivity contribution in [2.75, 3.05) is 6.54 Å². The summed E-state index contributed by atoms with van der Waals surface area (Å²) in [7, 11) is 0. The van der Waals surface area contributed by atoms with E-state index in [9.17, 15) is 19.8 Å². The predicted molar refractivity (Wildman–Crippen MR) is 97.5 cm³/mol. The fraction of sp³-hybridized carbons (Fsp3) is 0.200. The van der Waals surface area contributed by atoms with E-state index in [2.05, 4.69) is 5.32 Å². The molecular weight excluding hydrogens is 332 g/mol. The monoisotopic (exact) mass is 352 g/mol. The van der Waals surface area contributed by atoms with Gasteiger partial charge in [-0.15, -0.1) is 0 Å². The fourth-order valence-electron chi connectivity index (χ4n) is 2.99. The van der Waals surface area contributed by atoms with Crippen molar-refractivity contribution in [2.45, 2.75) is 19.0 Å². The number of carboxylic acid groups (broad SMARTS) is 1. The molecule has 26 heavy (non-hydrogen) atoms. The number of nitrogens with one attached hydrogen (secondary N) is 1. The molecule has 1 atom stereocenters. The molecule has 0 bridgehead atoms. The third-order valence-corrected chi connectivity index (χ3v) is 4.40. The third-order valence-electron chi connectivity index (χ3n) is 4.40. The largest absolute Gasteiger partial charge is 0.508 e. The number of hydrogen-bond donors (Lipinski definition) is 3. The van der Waals surface area contributed by atoms with Crippen molar-refractivity contribution in [2.24, 2.45) is 0 Å². The molecule has 134 valence electrons. The molecule has 3 rings (SSSR count). The van der Waals surface area contributed by atoms with Gasteiger partial charge >= 0.3 is 6.09 Å². The Morgan fingerprint density at radius 2 is 1.81 bits per heavy atom. The summed E-state index contributed by atoms with van der Waals surface area (Å²) in [4.78, 5) is 25.4. The number of amides is 2. The number of benzene rings is 2. The van der Waals surface area contributed by atoms with E-state index in [-0.39, 0.29) is 18.2 Å². The van der Waals surface area contributed by atoms with Crippen LogP contribution in [0.3, 0.4) is 0 Å². The van der Waals surface area contributed by atoms with Crippen molar-refractivity contribution < 1.29 is 19.8 Å². The molecule has 0 fully saturated rings. The summed E-state index contributed by atoms with van der Waals surface area (Å²) in [6.07, 6.45) is 1.05. The molecular formula is C20H20N2O4. The van der Waals surface area contributed by atoms with Crippen LogP contribution in [0.15, 0.2) is 60.7 Å². The lowest BCUT2D eigenvalue weighted by Gasteiger charge is -2.27. The minimum Gasteiger partial charge on any atom is -0.508 e. The average molecular weight is 352 g/mol. The first-order chi connectivity index (χ1) is 12.5. The van der Waals surface area contributed by atoms with Gasteiger partial charge in [-0.05, 0) is 35.3 Å². The normalized spacial score (nSPS) is 17.0. The van der Waals surface area contributed by atoms with Crippen LogP contribution in [0, 0.1) is 0 Å². The molecule has 3 N–H and O–H groups in total. The number of phenols is 1. The van der Waals surface area contributed by atoms with Gasteiger partial charge in [0.1, 0.15) is 11.8 Å². The first kappa shape index (κ1) is 17.5. The Bertz CT molecular complexity index is 815. The Morgan fingerprint density at radius 1 is 1.12 bits per heavy atom. The zero-order chi connectivity index (χ0) is 18.5. The first-order valence-corrected chi connectivity index (χ1v) is 8.34. The minimum atomic E-state index is -1.13. The van der Waals surface area contributed by atoms with Crippen molar-refractivity contribution in [3.05, 3.63) is 71.8 Å². The van der Waals surface area contributed by atoms with Gasteiger partial charge in [-0.1, -0.05) is 48.5 Å². The molecule has 0 unspecified atom stereocenters. The summed E-state index contributed by atoms with van der Waals surface area (Å²) in [6, 6.07) is 15.1. The lowest BCUT2D eigenvalue weighted by atomic mass is 10.0. The second kappa shape index (κ2) is 7.74. The number of carbonyl (C=O) groups excluding carboxylic acids is 1. The lowest BCUT2D eigenvalue weighted by Crippen LogP contribution is -2.48. The quantitative estimate of drug-likeness (QED) is 0.789. The van der Waals surface area contributed by atoms with E-state index < -0.39 is 12.1 Å². The van der Waals surface area contributed by atoms with Crippen molar-refractivity contribution in [1.82, 2.24) is 10.2 Å². The predicted octanol–water partition coefficient (Wildman–Crippen LogP) is 2.84. The SMILES string of the molecule is O=C1NCC(c2ccc(O)cc2)=CC[C@H]1N(Cc1ccccc1)C(=O)O. The van der Waals surface area contributed by atoms with Gasteiger partial charge in [0.05, 0.1) is 0 Å². The van der Waals surface area contributed by atoms with Gasteiger partial charge in [0.25, 0.3) is 0 Å². The summed E-state index contributed by atoms with van der Waals surface area (Å²) in [6.45, 7) is 0.468. The fourth-order valence-corrected chi connectivity index (χ4v) is 2.99. The molecule has 0 aromatic heterocycles. The van der Waals surface area contributed by atoms with Gasteiger partial charge < -0.3 is 15.5 Å². The van der Waals surface area contributed by atoms with Crippen molar-refractivity contribution >= 4 is 17.6 Å². The maximum absolute atomic E-state index is 12.5. The molecule has 0 radical (unpaired) electrons. The van der Waals surface area contributed by atoms with E-state index in [1.165, 1.54) is 4.90 Å². The van der Waals surface area contributed by atoms with Crippen molar-refractivity contribution in [3.63, 3.8) is 0 Å². The van der Waals surface area contributed by atoms with Crippen LogP contribution in [0.1, 0.15) is 17.5 Å². The third kappa shape index (κ3) is 4.03. The second-order valence-electron chi connectivity index (χ2n) is 6.14. The number of phenolic OH excluding ortho intramolecular Hbond substituents is 1. The van der Waals surface area contributed by atoms with Gasteiger partial charge in [0.2, 0.25) is 5.91 Å². The molecule has 0 saturated carbocycles. The molecule has 2 amide bonds. The number of nitrogens with zero attached hydrogens (tertiary/aromatic N) is 1. The number of rotatable bonds is 4. The van der Waals surface area contributed by atoms with E-state index in [0.717, 1.165) is 16.7 Å². The Balaban J connectivity index is 1.82. The molecule has 2 aromatic carbocycles. The van der Waals surface area contributed by atoms with Crippen LogP contribution in [0.2, 0.25) is 0 Å². The van der Waals surface area contributed by atoms with Crippen LogP contribution >= 0.6 is 0 Å². The molecule has 0 saturated heterocycles. The number of aromatic hydroxyl groups is 1. The Hall–Kier alpha value is -3.28. The summed E-state index contributed by atoms with van der Waals surface area (Å²) in [5.74, 6) is -0.141. The molecule has 1 aliphatic rings. The van der Waals surface area contributed by atoms with E-state index in [1.54, 1.807) is 24.3 Å². The van der Waals surface area contributed by atoms with Crippen LogP contribution in [0.5, 0.6) is 5.75 Å². The summed E-state index contributed by atoms with van der Waals surface area (Å²) in [5, 5.41) is 21.8. The van der Waals surface area contributed by atoms with Crippen LogP contribution < -0.4 is 5.32 Å². The van der Waals surface area contributed by atoms with Crippen LogP contribution in [-0.4, -0.2) is 39.7 Å². The molecule has 2 aromatic rings. The first-order valence-electron chi connectivity index (χ1n) is 8.34. The van der Waals surface area contributed by atoms with Gasteiger partial charge in [-0.3, -0.25) is 9.69 Å². The average Bonchev–Trinajstić information content (AvgIpc) is 2.83. The highest BCUT2D eigenvalue weighted by Crippen LogP contribution is 2.22. The number of hydrogen-bond acceptors (Lipinski definition) is 3. The van der Waals surface area contributed by atoms with Crippen molar-refractivity contribution in [1.29, 1.82) is 0 Å². The highest BCUT2D eigenvalue weighted by atomic mass is 16.4. The van der Waals surface area contributed by atoms with E-state index in [4.69, 9.17) is 0 Å². The topological polar surface area (TPSA) is 89.9 Å². The molecule has 6 heteroatoms. The Labute approximate surface area is 151 Å². The summed E-state index contributed by atoms with van der Waals surface area (Å²) < 4.78 is 0. The van der Waals surface area contributed by atoms with Crippen molar-refractivity contribution in [3.8, 4) is 5.75 Å². The molecule has 1 heterocycles. The summed E-state index contributed by atoms with van der Waals surface area (Å²) >= 11 is 0. The molecule has 0 aliphatic carbocycles. The molecule has 6 nitrogen and oxygen atoms in total. The zero-order valence-electron chi connectivity index (χ0n) is 14.1. The van der Waals surface area contributed by atoms with Crippen LogP contribution in [0.25, 0.3) is 5.57 Å². The van der Waals surface area contributed by atoms with Gasteiger partial charge in [-0.2, -0.15) is 0 Å². The standard InChI is InChI=1S/C20H20N2O4/c23-17-9-6-15(7-10-17)16-8-11-18(19(24)21-12-16)22(20(25)26)13-14-4-2-1-3-5-14/h1-10,18,23H,11-13H2,(H,21,24)(H,25,26)/t18-/m1/s1. The van der Waals surface area contributed by atoms with Gasteiger partial charge in [0.15, 0.2) is 0 Å². The minimum absolute atomic E-state index is 0.149. The maximum atomic E-state index is 12.5. The van der Waals surface area contributed by atoms with Crippen LogP contribution in [-0.2, 0) is 11.3 Å². The highest BCUT2D eigenvalue weighted by Gasteiger charge is 2.30. The number of carbonyl (C=O) groups is 2. The van der Waals surface area contributed by atoms with Gasteiger partial charge in [0, 0.05) is 13.1 Å². The Kier molecular flexibility index (Phi) is 5.22. The maximum Gasteiger partial charge on any atom is 0.408 e. The van der Waals surface area contributed by atoms with E-state index in [1.807, 2.05) is 36.4 Å². The highest BCUT2D eigenvalue weighted by molar-refractivity contribution is 5.88. The van der Waals surface area contributed by atoms with E-state index >= 15 is 0 Å². The molecule has 1 aliphatic heterocycles. The van der Waals surface area contributed by atoms with E-state index in [0.29, 0.717) is 13.0 Å².